The number of carboxylic acid groups (broad SMARTS) is 1. The molecule has 0 radical (unpaired) electrons. The van der Waals surface area contributed by atoms with E-state index in [2.05, 4.69) is 10.6 Å². The van der Waals surface area contributed by atoms with Gasteiger partial charge < -0.3 is 9.84 Å². The van der Waals surface area contributed by atoms with Crippen molar-refractivity contribution in [1.29, 1.82) is 0 Å². The Balaban J connectivity index is 2.62. The third-order valence-corrected chi connectivity index (χ3v) is 2.67. The number of amides is 2. The summed E-state index contributed by atoms with van der Waals surface area (Å²) in [5, 5.41) is 13.8. The first-order valence-electron chi connectivity index (χ1n) is 5.54. The molecule has 1 aliphatic rings. The number of alkyl carbamates (subject to hydrolysis) is 1. The van der Waals surface area contributed by atoms with Crippen molar-refractivity contribution in [3.63, 3.8) is 0 Å². The van der Waals surface area contributed by atoms with Crippen LogP contribution in [0.25, 0.3) is 0 Å². The molecule has 0 aliphatic heterocycles. The Morgan fingerprint density at radius 2 is 1.88 bits per heavy atom. The number of carbonyl (C=O) groups excluding carboxylic acids is 1. The van der Waals surface area contributed by atoms with Gasteiger partial charge in [0.25, 0.3) is 0 Å². The quantitative estimate of drug-likeness (QED) is 0.643. The molecule has 0 aromatic rings. The van der Waals surface area contributed by atoms with E-state index in [4.69, 9.17) is 9.84 Å². The molecule has 16 heavy (non-hydrogen) atoms. The van der Waals surface area contributed by atoms with Gasteiger partial charge in [-0.05, 0) is 32.6 Å². The molecule has 0 atom stereocenters. The average molecular weight is 230 g/mol. The fourth-order valence-corrected chi connectivity index (χ4v) is 2.00. The molecular weight excluding hydrogens is 212 g/mol. The standard InChI is InChI=1S/C10H18N2O4/c1-2-16-9(15)12-10(11-8(13)14)6-4-3-5-7-10/h11H,2-7H2,1H3,(H,12,15)(H,13,14). The predicted molar refractivity (Wildman–Crippen MR) is 57.1 cm³/mol. The Kier molecular flexibility index (Phi) is 4.39. The zero-order chi connectivity index (χ0) is 12.0. The molecule has 1 aliphatic carbocycles. The lowest BCUT2D eigenvalue weighted by molar-refractivity contribution is 0.111. The summed E-state index contributed by atoms with van der Waals surface area (Å²) >= 11 is 0. The number of rotatable bonds is 3. The van der Waals surface area contributed by atoms with E-state index in [1.165, 1.54) is 0 Å². The second-order valence-corrected chi connectivity index (χ2v) is 3.92. The van der Waals surface area contributed by atoms with Gasteiger partial charge in [-0.1, -0.05) is 6.42 Å². The molecule has 3 N–H and O–H groups in total. The molecule has 92 valence electrons. The molecule has 0 bridgehead atoms. The maximum atomic E-state index is 11.3. The van der Waals surface area contributed by atoms with Crippen LogP contribution >= 0.6 is 0 Å². The van der Waals surface area contributed by atoms with Crippen LogP contribution in [0.2, 0.25) is 0 Å². The predicted octanol–water partition coefficient (Wildman–Crippen LogP) is 1.66. The summed E-state index contributed by atoms with van der Waals surface area (Å²) in [7, 11) is 0. The van der Waals surface area contributed by atoms with Gasteiger partial charge in [0, 0.05) is 0 Å². The molecule has 0 saturated heterocycles. The van der Waals surface area contributed by atoms with Gasteiger partial charge in [0.05, 0.1) is 6.61 Å². The summed E-state index contributed by atoms with van der Waals surface area (Å²) in [6.45, 7) is 1.98. The summed E-state index contributed by atoms with van der Waals surface area (Å²) in [6, 6.07) is 0. The molecule has 6 heteroatoms. The van der Waals surface area contributed by atoms with Gasteiger partial charge >= 0.3 is 12.2 Å². The lowest BCUT2D eigenvalue weighted by Crippen LogP contribution is -2.61. The van der Waals surface area contributed by atoms with Crippen molar-refractivity contribution < 1.29 is 19.4 Å². The largest absolute Gasteiger partial charge is 0.465 e. The van der Waals surface area contributed by atoms with Gasteiger partial charge in [0.2, 0.25) is 0 Å². The minimum Gasteiger partial charge on any atom is -0.465 e. The highest BCUT2D eigenvalue weighted by atomic mass is 16.5. The number of hydrogen-bond acceptors (Lipinski definition) is 3. The highest BCUT2D eigenvalue weighted by Crippen LogP contribution is 2.25. The van der Waals surface area contributed by atoms with Gasteiger partial charge in [-0.3, -0.25) is 10.6 Å². The first-order valence-corrected chi connectivity index (χ1v) is 5.54. The molecular formula is C10H18N2O4. The highest BCUT2D eigenvalue weighted by molar-refractivity contribution is 5.71. The van der Waals surface area contributed by atoms with Crippen LogP contribution in [0.15, 0.2) is 0 Å². The van der Waals surface area contributed by atoms with Crippen molar-refractivity contribution in [1.82, 2.24) is 10.6 Å². The summed E-state index contributed by atoms with van der Waals surface area (Å²) in [6.07, 6.45) is 2.38. The zero-order valence-electron chi connectivity index (χ0n) is 9.41. The van der Waals surface area contributed by atoms with Crippen molar-refractivity contribution in [3.05, 3.63) is 0 Å². The minimum atomic E-state index is -1.13. The van der Waals surface area contributed by atoms with Crippen molar-refractivity contribution in [2.75, 3.05) is 6.61 Å². The number of nitrogens with one attached hydrogen (secondary N) is 2. The molecule has 0 unspecified atom stereocenters. The van der Waals surface area contributed by atoms with E-state index >= 15 is 0 Å². The molecule has 0 heterocycles. The lowest BCUT2D eigenvalue weighted by Gasteiger charge is -2.37. The SMILES string of the molecule is CCOC(=O)NC1(NC(=O)O)CCCCC1. The summed E-state index contributed by atoms with van der Waals surface area (Å²) in [4.78, 5) is 22.0. The Morgan fingerprint density at radius 1 is 1.25 bits per heavy atom. The maximum absolute atomic E-state index is 11.3. The topological polar surface area (TPSA) is 87.7 Å². The first-order chi connectivity index (χ1) is 7.58. The maximum Gasteiger partial charge on any atom is 0.408 e. The van der Waals surface area contributed by atoms with Crippen LogP contribution < -0.4 is 10.6 Å². The van der Waals surface area contributed by atoms with Gasteiger partial charge in [-0.15, -0.1) is 0 Å². The van der Waals surface area contributed by atoms with E-state index in [9.17, 15) is 9.59 Å². The zero-order valence-corrected chi connectivity index (χ0v) is 9.41. The van der Waals surface area contributed by atoms with E-state index in [-0.39, 0.29) is 6.61 Å². The number of ether oxygens (including phenoxy) is 1. The number of hydrogen-bond donors (Lipinski definition) is 3. The van der Waals surface area contributed by atoms with E-state index in [0.717, 1.165) is 19.3 Å². The van der Waals surface area contributed by atoms with Crippen LogP contribution in [-0.2, 0) is 4.74 Å². The molecule has 1 rings (SSSR count). The minimum absolute atomic E-state index is 0.273. The first kappa shape index (κ1) is 12.6. The Bertz CT molecular complexity index is 262. The number of carbonyl (C=O) groups is 2. The second-order valence-electron chi connectivity index (χ2n) is 3.92. The molecule has 0 spiro atoms. The van der Waals surface area contributed by atoms with E-state index in [1.54, 1.807) is 6.92 Å². The van der Waals surface area contributed by atoms with Crippen LogP contribution in [0.3, 0.4) is 0 Å². The molecule has 6 nitrogen and oxygen atoms in total. The normalized spacial score (nSPS) is 18.6. The van der Waals surface area contributed by atoms with Crippen LogP contribution in [-0.4, -0.2) is 29.6 Å². The second kappa shape index (κ2) is 5.58. The summed E-state index contributed by atoms with van der Waals surface area (Å²) in [5.41, 5.74) is -0.851. The van der Waals surface area contributed by atoms with Crippen LogP contribution in [0, 0.1) is 0 Å². The Hall–Kier alpha value is -1.46. The Labute approximate surface area is 94.3 Å². The monoisotopic (exact) mass is 230 g/mol. The molecule has 0 aromatic heterocycles. The average Bonchev–Trinajstić information content (AvgIpc) is 2.17. The third-order valence-electron chi connectivity index (χ3n) is 2.67. The van der Waals surface area contributed by atoms with Crippen molar-refractivity contribution >= 4 is 12.2 Å². The fraction of sp³-hybridized carbons (Fsp3) is 0.800. The van der Waals surface area contributed by atoms with Crippen molar-refractivity contribution in [2.45, 2.75) is 44.7 Å². The van der Waals surface area contributed by atoms with Crippen molar-refractivity contribution in [3.8, 4) is 0 Å². The fourth-order valence-electron chi connectivity index (χ4n) is 2.00. The van der Waals surface area contributed by atoms with E-state index in [1.807, 2.05) is 0 Å². The van der Waals surface area contributed by atoms with Crippen LogP contribution in [0.1, 0.15) is 39.0 Å². The summed E-state index contributed by atoms with van der Waals surface area (Å²) in [5.74, 6) is 0. The third kappa shape index (κ3) is 3.60. The molecule has 2 amide bonds. The lowest BCUT2D eigenvalue weighted by atomic mass is 9.89. The molecule has 1 fully saturated rings. The van der Waals surface area contributed by atoms with E-state index < -0.39 is 17.8 Å². The Morgan fingerprint density at radius 3 is 2.38 bits per heavy atom. The highest BCUT2D eigenvalue weighted by Gasteiger charge is 2.35. The molecule has 1 saturated carbocycles. The van der Waals surface area contributed by atoms with Gasteiger partial charge in [-0.2, -0.15) is 0 Å². The van der Waals surface area contributed by atoms with Gasteiger partial charge in [-0.25, -0.2) is 9.59 Å². The van der Waals surface area contributed by atoms with Crippen LogP contribution in [0.4, 0.5) is 9.59 Å². The smallest absolute Gasteiger partial charge is 0.408 e. The van der Waals surface area contributed by atoms with Gasteiger partial charge in [0.15, 0.2) is 0 Å². The van der Waals surface area contributed by atoms with Gasteiger partial charge in [0.1, 0.15) is 5.66 Å². The summed E-state index contributed by atoms with van der Waals surface area (Å²) < 4.78 is 4.77. The van der Waals surface area contributed by atoms with E-state index in [0.29, 0.717) is 12.8 Å². The van der Waals surface area contributed by atoms with Crippen molar-refractivity contribution in [2.24, 2.45) is 0 Å². The molecule has 0 aromatic carbocycles. The van der Waals surface area contributed by atoms with Crippen LogP contribution in [0.5, 0.6) is 0 Å².